The number of carbonyl (C=O) groups excluding carboxylic acids is 3. The second-order valence-electron chi connectivity index (χ2n) is 5.89. The maximum atomic E-state index is 12.3. The van der Waals surface area contributed by atoms with E-state index in [0.717, 1.165) is 0 Å². The number of carbonyl (C=O) groups is 4. The van der Waals surface area contributed by atoms with Gasteiger partial charge in [-0.15, -0.1) is 0 Å². The molecule has 130 valence electrons. The number of rotatable bonds is 7. The molecular weight excluding hydrogens is 304 g/mol. The van der Waals surface area contributed by atoms with E-state index >= 15 is 0 Å². The molecule has 0 aromatic carbocycles. The molecule has 1 rings (SSSR count). The van der Waals surface area contributed by atoms with Crippen LogP contribution in [0, 0.1) is 5.92 Å². The summed E-state index contributed by atoms with van der Waals surface area (Å²) in [6.45, 7) is 5.45. The molecule has 0 aromatic rings. The van der Waals surface area contributed by atoms with Crippen molar-refractivity contribution in [2.24, 2.45) is 5.92 Å². The molecule has 1 aliphatic rings. The van der Waals surface area contributed by atoms with Crippen molar-refractivity contribution in [2.75, 3.05) is 6.54 Å². The quantitative estimate of drug-likeness (QED) is 0.437. The number of carboxylic acid groups (broad SMARTS) is 1. The van der Waals surface area contributed by atoms with Crippen LogP contribution in [0.4, 0.5) is 0 Å². The van der Waals surface area contributed by atoms with E-state index in [2.05, 4.69) is 16.1 Å². The molecular formula is C14H24N4O5. The van der Waals surface area contributed by atoms with Crippen molar-refractivity contribution in [2.45, 2.75) is 51.7 Å². The van der Waals surface area contributed by atoms with E-state index in [1.54, 1.807) is 13.8 Å². The first-order valence-electron chi connectivity index (χ1n) is 7.58. The molecule has 1 aliphatic heterocycles. The Bertz CT molecular complexity index is 468. The average molecular weight is 328 g/mol. The Morgan fingerprint density at radius 2 is 1.96 bits per heavy atom. The fourth-order valence-electron chi connectivity index (χ4n) is 2.37. The van der Waals surface area contributed by atoms with E-state index < -0.39 is 35.9 Å². The van der Waals surface area contributed by atoms with Gasteiger partial charge in [0.1, 0.15) is 18.1 Å². The number of nitrogens with zero attached hydrogens (tertiary/aromatic N) is 1. The van der Waals surface area contributed by atoms with Crippen LogP contribution in [0.5, 0.6) is 0 Å². The smallest absolute Gasteiger partial charge is 0.322 e. The van der Waals surface area contributed by atoms with Gasteiger partial charge < -0.3 is 15.7 Å². The monoisotopic (exact) mass is 328 g/mol. The van der Waals surface area contributed by atoms with Gasteiger partial charge in [0.15, 0.2) is 0 Å². The maximum absolute atomic E-state index is 12.3. The van der Waals surface area contributed by atoms with Crippen LogP contribution in [0.25, 0.3) is 0 Å². The first-order chi connectivity index (χ1) is 10.8. The van der Waals surface area contributed by atoms with E-state index in [0.29, 0.717) is 25.8 Å². The largest absolute Gasteiger partial charge is 0.480 e. The summed E-state index contributed by atoms with van der Waals surface area (Å²) in [4.78, 5) is 46.0. The molecule has 9 heteroatoms. The van der Waals surface area contributed by atoms with Gasteiger partial charge in [0.2, 0.25) is 12.3 Å². The number of hydrogen-bond donors (Lipinski definition) is 4. The van der Waals surface area contributed by atoms with Gasteiger partial charge in [0, 0.05) is 6.54 Å². The summed E-state index contributed by atoms with van der Waals surface area (Å²) in [7, 11) is 0. The summed E-state index contributed by atoms with van der Waals surface area (Å²) in [6.07, 6.45) is 1.45. The van der Waals surface area contributed by atoms with E-state index in [-0.39, 0.29) is 5.92 Å². The summed E-state index contributed by atoms with van der Waals surface area (Å²) >= 11 is 0. The fraction of sp³-hybridized carbons (Fsp3) is 0.714. The molecule has 9 nitrogen and oxygen atoms in total. The number of amides is 3. The second-order valence-corrected chi connectivity index (χ2v) is 5.89. The topological polar surface area (TPSA) is 128 Å². The lowest BCUT2D eigenvalue weighted by Gasteiger charge is -2.34. The minimum absolute atomic E-state index is 0.132. The van der Waals surface area contributed by atoms with Crippen LogP contribution in [0.15, 0.2) is 0 Å². The maximum Gasteiger partial charge on any atom is 0.322 e. The average Bonchev–Trinajstić information content (AvgIpc) is 2.51. The molecule has 4 N–H and O–H groups in total. The Labute approximate surface area is 134 Å². The van der Waals surface area contributed by atoms with Crippen LogP contribution in [0.1, 0.15) is 33.6 Å². The van der Waals surface area contributed by atoms with Crippen molar-refractivity contribution in [1.82, 2.24) is 21.1 Å². The Kier molecular flexibility index (Phi) is 6.95. The number of hydrazine groups is 1. The van der Waals surface area contributed by atoms with Crippen molar-refractivity contribution in [3.8, 4) is 0 Å². The van der Waals surface area contributed by atoms with E-state index in [1.807, 2.05) is 0 Å². The minimum atomic E-state index is -1.02. The normalized spacial score (nSPS) is 20.5. The second kappa shape index (κ2) is 8.47. The Hall–Kier alpha value is -2.16. The zero-order valence-electron chi connectivity index (χ0n) is 13.5. The van der Waals surface area contributed by atoms with Crippen LogP contribution in [-0.4, -0.2) is 59.0 Å². The molecule has 0 aromatic heterocycles. The van der Waals surface area contributed by atoms with Crippen LogP contribution in [0.3, 0.4) is 0 Å². The highest BCUT2D eigenvalue weighted by atomic mass is 16.4. The predicted octanol–water partition coefficient (Wildman–Crippen LogP) is -1.16. The molecule has 23 heavy (non-hydrogen) atoms. The Morgan fingerprint density at radius 3 is 2.48 bits per heavy atom. The molecule has 1 fully saturated rings. The van der Waals surface area contributed by atoms with Crippen molar-refractivity contribution in [3.63, 3.8) is 0 Å². The third-order valence-corrected chi connectivity index (χ3v) is 3.68. The van der Waals surface area contributed by atoms with E-state index in [4.69, 9.17) is 5.11 Å². The minimum Gasteiger partial charge on any atom is -0.480 e. The lowest BCUT2D eigenvalue weighted by Crippen LogP contribution is -2.60. The number of hydrogen-bond acceptors (Lipinski definition) is 5. The zero-order valence-corrected chi connectivity index (χ0v) is 13.5. The Balaban J connectivity index is 2.63. The molecule has 3 amide bonds. The molecule has 1 heterocycles. The van der Waals surface area contributed by atoms with Crippen molar-refractivity contribution in [1.29, 1.82) is 0 Å². The highest BCUT2D eigenvalue weighted by molar-refractivity contribution is 5.90. The highest BCUT2D eigenvalue weighted by Crippen LogP contribution is 2.09. The molecule has 3 atom stereocenters. The van der Waals surface area contributed by atoms with Crippen LogP contribution in [-0.2, 0) is 19.2 Å². The third-order valence-electron chi connectivity index (χ3n) is 3.68. The van der Waals surface area contributed by atoms with Gasteiger partial charge in [0.25, 0.3) is 5.91 Å². The summed E-state index contributed by atoms with van der Waals surface area (Å²) in [5.74, 6) is -2.03. The molecule has 0 spiro atoms. The van der Waals surface area contributed by atoms with Crippen LogP contribution >= 0.6 is 0 Å². The first kappa shape index (κ1) is 18.9. The molecule has 0 aliphatic carbocycles. The van der Waals surface area contributed by atoms with Gasteiger partial charge in [-0.3, -0.25) is 24.2 Å². The predicted molar refractivity (Wildman–Crippen MR) is 80.9 cm³/mol. The number of carboxylic acids is 1. The lowest BCUT2D eigenvalue weighted by atomic mass is 10.0. The van der Waals surface area contributed by atoms with Crippen molar-refractivity contribution >= 4 is 24.2 Å². The zero-order chi connectivity index (χ0) is 17.6. The van der Waals surface area contributed by atoms with Gasteiger partial charge in [-0.25, -0.2) is 5.43 Å². The standard InChI is InChI=1S/C14H24N4O5/c1-8(2)11(15-7-19)12(20)16-9(3)13(21)18-6-4-5-10(17-18)14(22)23/h7-11,17H,4-6H2,1-3H3,(H,15,19)(H,16,20)(H,22,23)/t9-,10-,11-/m0/s1. The van der Waals surface area contributed by atoms with Gasteiger partial charge in [0.05, 0.1) is 0 Å². The van der Waals surface area contributed by atoms with Gasteiger partial charge >= 0.3 is 5.97 Å². The van der Waals surface area contributed by atoms with Crippen molar-refractivity contribution in [3.05, 3.63) is 0 Å². The summed E-state index contributed by atoms with van der Waals surface area (Å²) in [5, 5.41) is 15.2. The fourth-order valence-corrected chi connectivity index (χ4v) is 2.37. The van der Waals surface area contributed by atoms with Crippen LogP contribution in [0.2, 0.25) is 0 Å². The third kappa shape index (κ3) is 5.20. The van der Waals surface area contributed by atoms with Gasteiger partial charge in [-0.05, 0) is 25.7 Å². The first-order valence-corrected chi connectivity index (χ1v) is 7.58. The number of nitrogens with one attached hydrogen (secondary N) is 3. The van der Waals surface area contributed by atoms with E-state index in [1.165, 1.54) is 11.9 Å². The lowest BCUT2D eigenvalue weighted by molar-refractivity contribution is -0.148. The molecule has 0 saturated carbocycles. The van der Waals surface area contributed by atoms with Gasteiger partial charge in [-0.2, -0.15) is 0 Å². The molecule has 1 saturated heterocycles. The molecule has 0 bridgehead atoms. The Morgan fingerprint density at radius 1 is 1.30 bits per heavy atom. The SMILES string of the molecule is CC(C)[C@H](NC=O)C(=O)N[C@@H](C)C(=O)N1CCC[C@@H](C(=O)O)N1. The molecule has 0 radical (unpaired) electrons. The molecule has 0 unspecified atom stereocenters. The summed E-state index contributed by atoms with van der Waals surface area (Å²) < 4.78 is 0. The van der Waals surface area contributed by atoms with E-state index in [9.17, 15) is 19.2 Å². The van der Waals surface area contributed by atoms with Gasteiger partial charge in [-0.1, -0.05) is 13.8 Å². The summed E-state index contributed by atoms with van der Waals surface area (Å²) in [6, 6.07) is -2.38. The highest BCUT2D eigenvalue weighted by Gasteiger charge is 2.31. The van der Waals surface area contributed by atoms with Crippen molar-refractivity contribution < 1.29 is 24.3 Å². The summed E-state index contributed by atoms with van der Waals surface area (Å²) in [5.41, 5.74) is 2.65. The number of aliphatic carboxylic acids is 1. The van der Waals surface area contributed by atoms with Crippen LogP contribution < -0.4 is 16.1 Å².